The monoisotopic (exact) mass is 266 g/mol. The average molecular weight is 267 g/mol. The van der Waals surface area contributed by atoms with Gasteiger partial charge in [0.1, 0.15) is 6.10 Å². The van der Waals surface area contributed by atoms with E-state index in [4.69, 9.17) is 4.74 Å². The summed E-state index contributed by atoms with van der Waals surface area (Å²) < 4.78 is 5.44. The van der Waals surface area contributed by atoms with Crippen LogP contribution in [0.25, 0.3) is 0 Å². The summed E-state index contributed by atoms with van der Waals surface area (Å²) in [5.74, 6) is 0.589. The topological polar surface area (TPSA) is 50.4 Å². The number of rotatable bonds is 9. The van der Waals surface area contributed by atoms with Gasteiger partial charge in [0.15, 0.2) is 0 Å². The minimum Gasteiger partial charge on any atom is -0.369 e. The van der Waals surface area contributed by atoms with Crippen LogP contribution in [0, 0.1) is 5.92 Å². The van der Waals surface area contributed by atoms with E-state index in [1.54, 1.807) is 6.92 Å². The van der Waals surface area contributed by atoms with Crippen molar-refractivity contribution < 1.29 is 9.53 Å². The van der Waals surface area contributed by atoms with Crippen molar-refractivity contribution in [1.82, 2.24) is 10.6 Å². The standard InChI is InChI=1S/C12H26N2O2.ClH/c1-5-13-7-8-14-12(15)11(4)16-9-6-10(2)3;/h10-11,13H,5-9H2,1-4H3,(H,14,15);1H. The van der Waals surface area contributed by atoms with Crippen LogP contribution in [0.4, 0.5) is 0 Å². The van der Waals surface area contributed by atoms with Crippen LogP contribution in [-0.2, 0) is 9.53 Å². The van der Waals surface area contributed by atoms with Crippen molar-refractivity contribution in [3.05, 3.63) is 0 Å². The van der Waals surface area contributed by atoms with Gasteiger partial charge in [0.25, 0.3) is 0 Å². The van der Waals surface area contributed by atoms with E-state index >= 15 is 0 Å². The lowest BCUT2D eigenvalue weighted by molar-refractivity contribution is -0.131. The molecule has 0 aromatic carbocycles. The normalized spacial score (nSPS) is 12.1. The molecule has 0 fully saturated rings. The van der Waals surface area contributed by atoms with E-state index in [0.29, 0.717) is 19.1 Å². The summed E-state index contributed by atoms with van der Waals surface area (Å²) in [6, 6.07) is 0. The number of nitrogens with one attached hydrogen (secondary N) is 2. The van der Waals surface area contributed by atoms with Crippen LogP contribution in [-0.4, -0.2) is 38.3 Å². The highest BCUT2D eigenvalue weighted by Gasteiger charge is 2.12. The van der Waals surface area contributed by atoms with Crippen molar-refractivity contribution in [3.63, 3.8) is 0 Å². The maximum Gasteiger partial charge on any atom is 0.248 e. The number of hydrogen-bond donors (Lipinski definition) is 2. The van der Waals surface area contributed by atoms with Crippen molar-refractivity contribution in [2.45, 2.75) is 40.2 Å². The van der Waals surface area contributed by atoms with Gasteiger partial charge in [-0.05, 0) is 25.8 Å². The Balaban J connectivity index is 0. The van der Waals surface area contributed by atoms with Gasteiger partial charge in [-0.2, -0.15) is 0 Å². The molecule has 0 bridgehead atoms. The summed E-state index contributed by atoms with van der Waals surface area (Å²) in [6.07, 6.45) is 0.648. The summed E-state index contributed by atoms with van der Waals surface area (Å²) >= 11 is 0. The van der Waals surface area contributed by atoms with Gasteiger partial charge in [0.05, 0.1) is 0 Å². The Morgan fingerprint density at radius 3 is 2.41 bits per heavy atom. The highest BCUT2D eigenvalue weighted by Crippen LogP contribution is 2.01. The Bertz CT molecular complexity index is 189. The number of halogens is 1. The number of likely N-dealkylation sites (N-methyl/N-ethyl adjacent to an activating group) is 1. The summed E-state index contributed by atoms with van der Waals surface area (Å²) in [4.78, 5) is 11.5. The van der Waals surface area contributed by atoms with Crippen molar-refractivity contribution in [1.29, 1.82) is 0 Å². The van der Waals surface area contributed by atoms with Gasteiger partial charge in [-0.1, -0.05) is 20.8 Å². The zero-order valence-electron chi connectivity index (χ0n) is 11.4. The van der Waals surface area contributed by atoms with E-state index in [2.05, 4.69) is 24.5 Å². The maximum atomic E-state index is 11.5. The lowest BCUT2D eigenvalue weighted by Gasteiger charge is -2.14. The second kappa shape index (κ2) is 12.1. The smallest absolute Gasteiger partial charge is 0.248 e. The van der Waals surface area contributed by atoms with Gasteiger partial charge >= 0.3 is 0 Å². The van der Waals surface area contributed by atoms with E-state index in [0.717, 1.165) is 19.5 Å². The van der Waals surface area contributed by atoms with E-state index in [1.165, 1.54) is 0 Å². The maximum absolute atomic E-state index is 11.5. The zero-order chi connectivity index (χ0) is 12.4. The summed E-state index contributed by atoms with van der Waals surface area (Å²) in [7, 11) is 0. The van der Waals surface area contributed by atoms with Gasteiger partial charge in [0, 0.05) is 19.7 Å². The molecule has 1 amide bonds. The molecule has 4 nitrogen and oxygen atoms in total. The molecule has 0 radical (unpaired) electrons. The molecule has 0 aliphatic carbocycles. The molecule has 0 spiro atoms. The minimum absolute atomic E-state index is 0. The molecule has 0 aromatic heterocycles. The first kappa shape index (κ1) is 19.0. The second-order valence-electron chi connectivity index (χ2n) is 4.34. The third-order valence-electron chi connectivity index (χ3n) is 2.28. The summed E-state index contributed by atoms with van der Waals surface area (Å²) in [5, 5.41) is 5.97. The van der Waals surface area contributed by atoms with Gasteiger partial charge < -0.3 is 15.4 Å². The highest BCUT2D eigenvalue weighted by atomic mass is 35.5. The first-order valence-corrected chi connectivity index (χ1v) is 6.18. The Morgan fingerprint density at radius 2 is 1.88 bits per heavy atom. The van der Waals surface area contributed by atoms with E-state index < -0.39 is 0 Å². The van der Waals surface area contributed by atoms with Crippen LogP contribution in [0.1, 0.15) is 34.1 Å². The molecule has 0 heterocycles. The molecule has 2 N–H and O–H groups in total. The van der Waals surface area contributed by atoms with Gasteiger partial charge in [-0.3, -0.25) is 4.79 Å². The highest BCUT2D eigenvalue weighted by molar-refractivity contribution is 5.85. The van der Waals surface area contributed by atoms with Crippen LogP contribution >= 0.6 is 12.4 Å². The first-order chi connectivity index (χ1) is 7.57. The van der Waals surface area contributed by atoms with Gasteiger partial charge in [-0.15, -0.1) is 12.4 Å². The molecule has 17 heavy (non-hydrogen) atoms. The third-order valence-corrected chi connectivity index (χ3v) is 2.28. The van der Waals surface area contributed by atoms with E-state index in [-0.39, 0.29) is 24.4 Å². The summed E-state index contributed by atoms with van der Waals surface area (Å²) in [5.41, 5.74) is 0. The molecule has 0 aliphatic heterocycles. The molecule has 5 heteroatoms. The Hall–Kier alpha value is -0.320. The predicted molar refractivity (Wildman–Crippen MR) is 73.7 cm³/mol. The quantitative estimate of drug-likeness (QED) is 0.623. The lowest BCUT2D eigenvalue weighted by Crippen LogP contribution is -2.38. The van der Waals surface area contributed by atoms with Crippen molar-refractivity contribution in [2.24, 2.45) is 5.92 Å². The molecule has 1 unspecified atom stereocenters. The van der Waals surface area contributed by atoms with Crippen LogP contribution in [0.5, 0.6) is 0 Å². The first-order valence-electron chi connectivity index (χ1n) is 6.18. The fourth-order valence-electron chi connectivity index (χ4n) is 1.15. The number of ether oxygens (including phenoxy) is 1. The van der Waals surface area contributed by atoms with Crippen molar-refractivity contribution >= 4 is 18.3 Å². The van der Waals surface area contributed by atoms with Crippen LogP contribution in [0.2, 0.25) is 0 Å². The van der Waals surface area contributed by atoms with Crippen LogP contribution < -0.4 is 10.6 Å². The van der Waals surface area contributed by atoms with Gasteiger partial charge in [-0.25, -0.2) is 0 Å². The van der Waals surface area contributed by atoms with Crippen molar-refractivity contribution in [3.8, 4) is 0 Å². The third kappa shape index (κ3) is 11.9. The summed E-state index contributed by atoms with van der Waals surface area (Å²) in [6.45, 7) is 11.2. The lowest BCUT2D eigenvalue weighted by atomic mass is 10.1. The number of carbonyl (C=O) groups excluding carboxylic acids is 1. The molecular formula is C12H27ClN2O2. The number of carbonyl (C=O) groups is 1. The van der Waals surface area contributed by atoms with Crippen molar-refractivity contribution in [2.75, 3.05) is 26.2 Å². The van der Waals surface area contributed by atoms with E-state index in [1.807, 2.05) is 6.92 Å². The molecule has 0 aromatic rings. The average Bonchev–Trinajstić information content (AvgIpc) is 2.23. The fourth-order valence-corrected chi connectivity index (χ4v) is 1.15. The zero-order valence-corrected chi connectivity index (χ0v) is 12.2. The molecule has 0 saturated carbocycles. The van der Waals surface area contributed by atoms with Gasteiger partial charge in [0.2, 0.25) is 5.91 Å². The van der Waals surface area contributed by atoms with Crippen LogP contribution in [0.3, 0.4) is 0 Å². The molecule has 0 aliphatic rings. The Kier molecular flexibility index (Phi) is 13.6. The largest absolute Gasteiger partial charge is 0.369 e. The van der Waals surface area contributed by atoms with E-state index in [9.17, 15) is 4.79 Å². The number of hydrogen-bond acceptors (Lipinski definition) is 3. The minimum atomic E-state index is -0.347. The molecule has 1 atom stereocenters. The predicted octanol–water partition coefficient (Wildman–Crippen LogP) is 1.59. The molecule has 0 saturated heterocycles. The number of amides is 1. The Labute approximate surface area is 111 Å². The molecular weight excluding hydrogens is 240 g/mol. The second-order valence-corrected chi connectivity index (χ2v) is 4.34. The fraction of sp³-hybridized carbons (Fsp3) is 0.917. The molecule has 104 valence electrons. The Morgan fingerprint density at radius 1 is 1.24 bits per heavy atom. The molecule has 0 rings (SSSR count). The van der Waals surface area contributed by atoms with Crippen LogP contribution in [0.15, 0.2) is 0 Å². The SMILES string of the molecule is CCNCCNC(=O)C(C)OCCC(C)C.Cl.